The van der Waals surface area contributed by atoms with Crippen LogP contribution in [0.4, 0.5) is 0 Å². The van der Waals surface area contributed by atoms with Crippen molar-refractivity contribution < 1.29 is 9.53 Å². The molecule has 0 spiro atoms. The summed E-state index contributed by atoms with van der Waals surface area (Å²) in [5.74, 6) is 0.287. The molecule has 0 N–H and O–H groups in total. The molecule has 0 saturated carbocycles. The lowest BCUT2D eigenvalue weighted by molar-refractivity contribution is -0.137. The molecule has 0 aromatic heterocycles. The maximum Gasteiger partial charge on any atom is 0.170 e. The highest BCUT2D eigenvalue weighted by molar-refractivity contribution is 5.91. The normalized spacial score (nSPS) is 25.1. The molecule has 0 aromatic rings. The zero-order valence-corrected chi connectivity index (χ0v) is 11.8. The highest BCUT2D eigenvalue weighted by Gasteiger charge is 2.51. The van der Waals surface area contributed by atoms with E-state index in [1.54, 1.807) is 0 Å². The highest BCUT2D eigenvalue weighted by Crippen LogP contribution is 2.48. The molecule has 1 fully saturated rings. The second kappa shape index (κ2) is 3.83. The Labute approximate surface area is 99.8 Å². The molecule has 1 aliphatic heterocycles. The minimum atomic E-state index is -0.299. The molecular weight excluding hydrogens is 200 g/mol. The van der Waals surface area contributed by atoms with Gasteiger partial charge in [-0.25, -0.2) is 0 Å². The first-order valence-corrected chi connectivity index (χ1v) is 6.13. The number of rotatable bonds is 3. The van der Waals surface area contributed by atoms with E-state index in [2.05, 4.69) is 48.5 Å². The molecule has 94 valence electrons. The summed E-state index contributed by atoms with van der Waals surface area (Å²) in [6.07, 6.45) is 0.772. The van der Waals surface area contributed by atoms with E-state index in [-0.39, 0.29) is 28.1 Å². The number of ether oxygens (including phenoxy) is 1. The van der Waals surface area contributed by atoms with E-state index in [9.17, 15) is 4.79 Å². The molecule has 0 aliphatic carbocycles. The van der Waals surface area contributed by atoms with Crippen molar-refractivity contribution in [2.75, 3.05) is 6.61 Å². The van der Waals surface area contributed by atoms with E-state index in [1.165, 1.54) is 0 Å². The van der Waals surface area contributed by atoms with Gasteiger partial charge in [0, 0.05) is 5.41 Å². The Kier molecular flexibility index (Phi) is 3.28. The van der Waals surface area contributed by atoms with Gasteiger partial charge in [-0.2, -0.15) is 0 Å². The number of carbonyl (C=O) groups excluding carboxylic acids is 1. The summed E-state index contributed by atoms with van der Waals surface area (Å²) in [5, 5.41) is 0. The van der Waals surface area contributed by atoms with E-state index in [0.717, 1.165) is 6.42 Å². The summed E-state index contributed by atoms with van der Waals surface area (Å²) in [5.41, 5.74) is -0.164. The van der Waals surface area contributed by atoms with Gasteiger partial charge in [0.15, 0.2) is 5.78 Å². The first-order valence-electron chi connectivity index (χ1n) is 6.13. The lowest BCUT2D eigenvalue weighted by atomic mass is 9.59. The van der Waals surface area contributed by atoms with Crippen LogP contribution in [0.25, 0.3) is 0 Å². The number of Topliss-reactive ketones (excluding diaryl/α,β-unsaturated/α-hetero) is 1. The van der Waals surface area contributed by atoms with Crippen molar-refractivity contribution in [2.24, 2.45) is 16.2 Å². The smallest absolute Gasteiger partial charge is 0.170 e. The molecule has 16 heavy (non-hydrogen) atoms. The molecule has 0 amide bonds. The van der Waals surface area contributed by atoms with Gasteiger partial charge in [-0.15, -0.1) is 0 Å². The second-order valence-corrected chi connectivity index (χ2v) is 7.51. The van der Waals surface area contributed by atoms with Gasteiger partial charge in [0.25, 0.3) is 0 Å². The van der Waals surface area contributed by atoms with Crippen molar-refractivity contribution in [1.29, 1.82) is 0 Å². The van der Waals surface area contributed by atoms with Gasteiger partial charge in [-0.3, -0.25) is 4.79 Å². The zero-order chi connectivity index (χ0) is 12.8. The van der Waals surface area contributed by atoms with E-state index < -0.39 is 0 Å². The molecule has 0 radical (unpaired) electrons. The van der Waals surface area contributed by atoms with Gasteiger partial charge in [0.1, 0.15) is 6.10 Å². The Hall–Kier alpha value is -0.370. The molecule has 2 atom stereocenters. The fraction of sp³-hybridized carbons (Fsp3) is 0.929. The van der Waals surface area contributed by atoms with Crippen molar-refractivity contribution in [2.45, 2.75) is 61.0 Å². The lowest BCUT2D eigenvalue weighted by Crippen LogP contribution is -2.45. The van der Waals surface area contributed by atoms with E-state index in [1.807, 2.05) is 0 Å². The van der Waals surface area contributed by atoms with Crippen molar-refractivity contribution >= 4 is 5.78 Å². The number of carbonyl (C=O) groups is 1. The second-order valence-electron chi connectivity index (χ2n) is 7.51. The molecule has 1 saturated heterocycles. The average Bonchev–Trinajstić information content (AvgIpc) is 2.79. The monoisotopic (exact) mass is 226 g/mol. The maximum absolute atomic E-state index is 12.4. The Balaban J connectivity index is 2.97. The quantitative estimate of drug-likeness (QED) is 0.690. The number of ketones is 1. The zero-order valence-electron chi connectivity index (χ0n) is 11.8. The Morgan fingerprint density at radius 2 is 1.56 bits per heavy atom. The Bertz CT molecular complexity index is 276. The fourth-order valence-corrected chi connectivity index (χ4v) is 2.34. The molecule has 2 nitrogen and oxygen atoms in total. The van der Waals surface area contributed by atoms with Crippen LogP contribution in [0, 0.1) is 16.2 Å². The number of hydrogen-bond donors (Lipinski definition) is 0. The summed E-state index contributed by atoms with van der Waals surface area (Å²) in [4.78, 5) is 12.4. The molecule has 1 aliphatic rings. The van der Waals surface area contributed by atoms with Crippen molar-refractivity contribution in [1.82, 2.24) is 0 Å². The SMILES string of the molecule is CC(C)(C)CC(C)(C(=O)C1CO1)C(C)(C)C. The van der Waals surface area contributed by atoms with Gasteiger partial charge in [0.05, 0.1) is 6.61 Å². The van der Waals surface area contributed by atoms with Crippen LogP contribution in [0.1, 0.15) is 54.9 Å². The van der Waals surface area contributed by atoms with Crippen LogP contribution in [-0.4, -0.2) is 18.5 Å². The molecule has 2 unspecified atom stereocenters. The van der Waals surface area contributed by atoms with Crippen LogP contribution in [0.2, 0.25) is 0 Å². The first kappa shape index (κ1) is 13.7. The van der Waals surface area contributed by atoms with E-state index in [0.29, 0.717) is 6.61 Å². The van der Waals surface area contributed by atoms with Crippen LogP contribution >= 0.6 is 0 Å². The summed E-state index contributed by atoms with van der Waals surface area (Å²) >= 11 is 0. The summed E-state index contributed by atoms with van der Waals surface area (Å²) in [6, 6.07) is 0. The topological polar surface area (TPSA) is 29.6 Å². The molecule has 0 aromatic carbocycles. The average molecular weight is 226 g/mol. The Morgan fingerprint density at radius 1 is 1.12 bits per heavy atom. The predicted molar refractivity (Wildman–Crippen MR) is 66.4 cm³/mol. The lowest BCUT2D eigenvalue weighted by Gasteiger charge is -2.44. The molecule has 2 heteroatoms. The summed E-state index contributed by atoms with van der Waals surface area (Å²) < 4.78 is 5.18. The van der Waals surface area contributed by atoms with Crippen LogP contribution in [-0.2, 0) is 9.53 Å². The largest absolute Gasteiger partial charge is 0.365 e. The van der Waals surface area contributed by atoms with Gasteiger partial charge in [0.2, 0.25) is 0 Å². The fourth-order valence-electron chi connectivity index (χ4n) is 2.34. The third kappa shape index (κ3) is 2.85. The van der Waals surface area contributed by atoms with Crippen LogP contribution in [0.5, 0.6) is 0 Å². The van der Waals surface area contributed by atoms with E-state index in [4.69, 9.17) is 4.74 Å². The number of epoxide rings is 1. The highest BCUT2D eigenvalue weighted by atomic mass is 16.6. The maximum atomic E-state index is 12.4. The van der Waals surface area contributed by atoms with Crippen LogP contribution < -0.4 is 0 Å². The minimum Gasteiger partial charge on any atom is -0.365 e. The molecule has 1 rings (SSSR count). The van der Waals surface area contributed by atoms with Gasteiger partial charge >= 0.3 is 0 Å². The third-order valence-electron chi connectivity index (χ3n) is 3.71. The molecule has 1 heterocycles. The minimum absolute atomic E-state index is 0.0245. The summed E-state index contributed by atoms with van der Waals surface area (Å²) in [7, 11) is 0. The van der Waals surface area contributed by atoms with Crippen molar-refractivity contribution in [3.63, 3.8) is 0 Å². The molecular formula is C14H26O2. The standard InChI is InChI=1S/C14H26O2/c1-12(2,3)9-14(7,13(4,5)6)11(15)10-8-16-10/h10H,8-9H2,1-7H3. The third-order valence-corrected chi connectivity index (χ3v) is 3.71. The van der Waals surface area contributed by atoms with Crippen LogP contribution in [0.3, 0.4) is 0 Å². The van der Waals surface area contributed by atoms with Crippen molar-refractivity contribution in [3.05, 3.63) is 0 Å². The van der Waals surface area contributed by atoms with Crippen molar-refractivity contribution in [3.8, 4) is 0 Å². The van der Waals surface area contributed by atoms with Gasteiger partial charge in [-0.1, -0.05) is 48.5 Å². The first-order chi connectivity index (χ1) is 6.97. The van der Waals surface area contributed by atoms with Gasteiger partial charge in [-0.05, 0) is 17.3 Å². The number of hydrogen-bond acceptors (Lipinski definition) is 2. The van der Waals surface area contributed by atoms with Crippen LogP contribution in [0.15, 0.2) is 0 Å². The molecule has 0 bridgehead atoms. The van der Waals surface area contributed by atoms with Gasteiger partial charge < -0.3 is 4.74 Å². The van der Waals surface area contributed by atoms with E-state index >= 15 is 0 Å². The summed E-state index contributed by atoms with van der Waals surface area (Å²) in [6.45, 7) is 15.8. The predicted octanol–water partition coefficient (Wildman–Crippen LogP) is 3.44. The Morgan fingerprint density at radius 3 is 1.81 bits per heavy atom.